The number of hydrogen-bond acceptors (Lipinski definition) is 3. The number of ether oxygens (including phenoxy) is 2. The molecule has 0 heterocycles. The van der Waals surface area contributed by atoms with Gasteiger partial charge in [0.05, 0.1) is 7.11 Å². The van der Waals surface area contributed by atoms with Crippen molar-refractivity contribution in [3.63, 3.8) is 0 Å². The van der Waals surface area contributed by atoms with Gasteiger partial charge >= 0.3 is 0 Å². The number of methoxy groups -OCH3 is 1. The minimum atomic E-state index is 0.230. The molecule has 2 aromatic rings. The van der Waals surface area contributed by atoms with Gasteiger partial charge in [0.1, 0.15) is 17.2 Å². The summed E-state index contributed by atoms with van der Waals surface area (Å²) in [4.78, 5) is 14.3. The van der Waals surface area contributed by atoms with Crippen LogP contribution in [0.4, 0.5) is 0 Å². The van der Waals surface area contributed by atoms with Gasteiger partial charge in [-0.25, -0.2) is 0 Å². The Bertz CT molecular complexity index is 730. The summed E-state index contributed by atoms with van der Waals surface area (Å²) in [6, 6.07) is 11.8. The first-order valence-electron chi connectivity index (χ1n) is 10.7. The Kier molecular flexibility index (Phi) is 10.9. The molecule has 0 saturated carbocycles. The lowest BCUT2D eigenvalue weighted by molar-refractivity contribution is -0.131. The molecule has 2 rings (SSSR count). The van der Waals surface area contributed by atoms with Gasteiger partial charge < -0.3 is 14.4 Å². The first-order valence-corrected chi connectivity index (χ1v) is 10.7. The second kappa shape index (κ2) is 12.9. The van der Waals surface area contributed by atoms with Gasteiger partial charge in [0.2, 0.25) is 5.91 Å². The summed E-state index contributed by atoms with van der Waals surface area (Å²) in [5.41, 5.74) is 3.33. The molecule has 0 aliphatic carbocycles. The van der Waals surface area contributed by atoms with Crippen LogP contribution in [-0.4, -0.2) is 31.0 Å². The van der Waals surface area contributed by atoms with Crippen LogP contribution in [0, 0.1) is 13.8 Å². The van der Waals surface area contributed by atoms with Gasteiger partial charge in [0, 0.05) is 19.5 Å². The lowest BCUT2D eigenvalue weighted by atomic mass is 10.0. The summed E-state index contributed by atoms with van der Waals surface area (Å²) in [6.07, 6.45) is 2.30. The van der Waals surface area contributed by atoms with Crippen molar-refractivity contribution in [2.24, 2.45) is 0 Å². The maximum absolute atomic E-state index is 12.4. The van der Waals surface area contributed by atoms with Crippen molar-refractivity contribution in [1.29, 1.82) is 0 Å². The summed E-state index contributed by atoms with van der Waals surface area (Å²) < 4.78 is 11.3. The second-order valence-electron chi connectivity index (χ2n) is 6.81. The lowest BCUT2D eigenvalue weighted by Gasteiger charge is -2.20. The Labute approximate surface area is 176 Å². The van der Waals surface area contributed by atoms with Crippen molar-refractivity contribution in [3.05, 3.63) is 53.1 Å². The van der Waals surface area contributed by atoms with Crippen LogP contribution >= 0.6 is 0 Å². The van der Waals surface area contributed by atoms with E-state index in [-0.39, 0.29) is 5.91 Å². The van der Waals surface area contributed by atoms with Gasteiger partial charge in [-0.3, -0.25) is 4.79 Å². The third kappa shape index (κ3) is 7.45. The molecule has 0 radical (unpaired) electrons. The molecule has 0 aliphatic heterocycles. The molecule has 0 fully saturated rings. The molecule has 0 aromatic heterocycles. The quantitative estimate of drug-likeness (QED) is 0.495. The minimum Gasteiger partial charge on any atom is -0.497 e. The van der Waals surface area contributed by atoms with E-state index in [0.29, 0.717) is 6.42 Å². The van der Waals surface area contributed by atoms with Gasteiger partial charge in [0.25, 0.3) is 0 Å². The predicted molar refractivity (Wildman–Crippen MR) is 121 cm³/mol. The Morgan fingerprint density at radius 3 is 2.00 bits per heavy atom. The Morgan fingerprint density at radius 2 is 1.52 bits per heavy atom. The number of nitrogens with zero attached hydrogens (tertiary/aromatic N) is 1. The molecule has 0 saturated heterocycles. The molecule has 1 amide bonds. The monoisotopic (exact) mass is 399 g/mol. The molecule has 4 heteroatoms. The Hall–Kier alpha value is -2.49. The zero-order chi connectivity index (χ0) is 21.8. The Morgan fingerprint density at radius 1 is 0.966 bits per heavy atom. The third-order valence-corrected chi connectivity index (χ3v) is 4.65. The normalized spacial score (nSPS) is 10.0. The van der Waals surface area contributed by atoms with Gasteiger partial charge in [-0.15, -0.1) is 0 Å². The van der Waals surface area contributed by atoms with E-state index in [0.717, 1.165) is 54.3 Å². The van der Waals surface area contributed by atoms with Crippen LogP contribution in [0.1, 0.15) is 57.2 Å². The molecule has 4 nitrogen and oxygen atoms in total. The zero-order valence-corrected chi connectivity index (χ0v) is 19.2. The van der Waals surface area contributed by atoms with Crippen LogP contribution in [0.15, 0.2) is 36.4 Å². The van der Waals surface area contributed by atoms with Crippen molar-refractivity contribution in [1.82, 2.24) is 4.90 Å². The maximum Gasteiger partial charge on any atom is 0.222 e. The molecule has 160 valence electrons. The van der Waals surface area contributed by atoms with E-state index in [1.807, 2.05) is 63.8 Å². The number of aryl methyl sites for hydroxylation is 3. The first kappa shape index (κ1) is 24.5. The molecule has 2 aromatic carbocycles. The van der Waals surface area contributed by atoms with Crippen LogP contribution in [0.5, 0.6) is 17.2 Å². The lowest BCUT2D eigenvalue weighted by Crippen LogP contribution is -2.31. The molecular weight excluding hydrogens is 362 g/mol. The number of rotatable bonds is 9. The molecule has 0 aliphatic rings. The van der Waals surface area contributed by atoms with Crippen LogP contribution in [0.2, 0.25) is 0 Å². The standard InChI is InChI=1S/C23H31NO3.C2H6/c1-6-14-24(7-2)22(25)13-8-19-15-17(3)23(18(4)16-19)27-21-11-9-20(26-5)10-12-21;1-2/h9-12,15-16H,6-8,13-14H2,1-5H3;1-2H3. The zero-order valence-electron chi connectivity index (χ0n) is 19.2. The van der Waals surface area contributed by atoms with E-state index in [4.69, 9.17) is 9.47 Å². The van der Waals surface area contributed by atoms with Crippen molar-refractivity contribution in [2.75, 3.05) is 20.2 Å². The van der Waals surface area contributed by atoms with Crippen molar-refractivity contribution in [3.8, 4) is 17.2 Å². The van der Waals surface area contributed by atoms with Gasteiger partial charge in [-0.05, 0) is 74.6 Å². The van der Waals surface area contributed by atoms with E-state index in [1.165, 1.54) is 5.56 Å². The van der Waals surface area contributed by atoms with Crippen LogP contribution in [-0.2, 0) is 11.2 Å². The van der Waals surface area contributed by atoms with Crippen LogP contribution in [0.25, 0.3) is 0 Å². The van der Waals surface area contributed by atoms with E-state index >= 15 is 0 Å². The average molecular weight is 400 g/mol. The van der Waals surface area contributed by atoms with Gasteiger partial charge in [0.15, 0.2) is 0 Å². The fourth-order valence-corrected chi connectivity index (χ4v) is 3.25. The highest BCUT2D eigenvalue weighted by molar-refractivity contribution is 5.76. The fourth-order valence-electron chi connectivity index (χ4n) is 3.25. The molecular formula is C25H37NO3. The summed E-state index contributed by atoms with van der Waals surface area (Å²) >= 11 is 0. The van der Waals surface area contributed by atoms with E-state index < -0.39 is 0 Å². The van der Waals surface area contributed by atoms with Gasteiger partial charge in [-0.2, -0.15) is 0 Å². The highest BCUT2D eigenvalue weighted by Gasteiger charge is 2.13. The summed E-state index contributed by atoms with van der Waals surface area (Å²) in [5, 5.41) is 0. The van der Waals surface area contributed by atoms with Crippen molar-refractivity contribution < 1.29 is 14.3 Å². The number of amides is 1. The molecule has 0 spiro atoms. The average Bonchev–Trinajstić information content (AvgIpc) is 2.74. The molecule has 29 heavy (non-hydrogen) atoms. The largest absolute Gasteiger partial charge is 0.497 e. The van der Waals surface area contributed by atoms with Gasteiger partial charge in [-0.1, -0.05) is 32.9 Å². The third-order valence-electron chi connectivity index (χ3n) is 4.65. The predicted octanol–water partition coefficient (Wildman–Crippen LogP) is 6.32. The molecule has 0 atom stereocenters. The SMILES string of the molecule is CC.CCCN(CC)C(=O)CCc1cc(C)c(Oc2ccc(OC)cc2)c(C)c1. The highest BCUT2D eigenvalue weighted by Crippen LogP contribution is 2.31. The van der Waals surface area contributed by atoms with Crippen LogP contribution < -0.4 is 9.47 Å². The minimum absolute atomic E-state index is 0.230. The fraction of sp³-hybridized carbons (Fsp3) is 0.480. The summed E-state index contributed by atoms with van der Waals surface area (Å²) in [7, 11) is 1.65. The molecule has 0 unspecified atom stereocenters. The van der Waals surface area contributed by atoms with Crippen molar-refractivity contribution in [2.45, 2.75) is 60.8 Å². The number of carbonyl (C=O) groups excluding carboxylic acids is 1. The number of benzene rings is 2. The molecule has 0 N–H and O–H groups in total. The number of hydrogen-bond donors (Lipinski definition) is 0. The smallest absolute Gasteiger partial charge is 0.222 e. The van der Waals surface area contributed by atoms with E-state index in [2.05, 4.69) is 19.1 Å². The Balaban J connectivity index is 0.00000204. The van der Waals surface area contributed by atoms with Crippen LogP contribution in [0.3, 0.4) is 0 Å². The highest BCUT2D eigenvalue weighted by atomic mass is 16.5. The van der Waals surface area contributed by atoms with E-state index in [1.54, 1.807) is 7.11 Å². The van der Waals surface area contributed by atoms with E-state index in [9.17, 15) is 4.79 Å². The number of carbonyl (C=O) groups is 1. The maximum atomic E-state index is 12.4. The van der Waals surface area contributed by atoms with Crippen molar-refractivity contribution >= 4 is 5.91 Å². The summed E-state index contributed by atoms with van der Waals surface area (Å²) in [5.74, 6) is 2.69. The molecule has 0 bridgehead atoms. The first-order chi connectivity index (χ1) is 14.0. The second-order valence-corrected chi connectivity index (χ2v) is 6.81. The summed E-state index contributed by atoms with van der Waals surface area (Å²) in [6.45, 7) is 13.8. The topological polar surface area (TPSA) is 38.8 Å².